The van der Waals surface area contributed by atoms with E-state index in [9.17, 15) is 0 Å². The third-order valence-electron chi connectivity index (χ3n) is 7.43. The number of hydrogen-bond acceptors (Lipinski definition) is 1. The van der Waals surface area contributed by atoms with Gasteiger partial charge >= 0.3 is 0 Å². The molecule has 1 aromatic heterocycles. The molecule has 0 bridgehead atoms. The molecule has 0 N–H and O–H groups in total. The van der Waals surface area contributed by atoms with Crippen molar-refractivity contribution < 1.29 is 4.42 Å². The van der Waals surface area contributed by atoms with Gasteiger partial charge in [0.05, 0.1) is 12.5 Å². The van der Waals surface area contributed by atoms with Crippen molar-refractivity contribution in [2.24, 2.45) is 0 Å². The third-order valence-corrected chi connectivity index (χ3v) is 7.43. The Hall–Kier alpha value is -4.62. The van der Waals surface area contributed by atoms with Gasteiger partial charge in [0.15, 0.2) is 0 Å². The van der Waals surface area contributed by atoms with E-state index in [2.05, 4.69) is 109 Å². The van der Waals surface area contributed by atoms with E-state index < -0.39 is 0 Å². The first-order chi connectivity index (χ1) is 17.3. The zero-order valence-corrected chi connectivity index (χ0v) is 19.0. The lowest BCUT2D eigenvalue weighted by molar-refractivity contribution is 0.572. The lowest BCUT2D eigenvalue weighted by Gasteiger charge is -2.14. The van der Waals surface area contributed by atoms with Gasteiger partial charge in [-0.05, 0) is 114 Å². The van der Waals surface area contributed by atoms with Crippen LogP contribution in [-0.2, 0) is 0 Å². The molecule has 0 saturated heterocycles. The quantitative estimate of drug-likeness (QED) is 0.181. The van der Waals surface area contributed by atoms with E-state index in [1.165, 1.54) is 65.0 Å². The highest BCUT2D eigenvalue weighted by Crippen LogP contribution is 2.40. The van der Waals surface area contributed by atoms with Crippen LogP contribution >= 0.6 is 0 Å². The van der Waals surface area contributed by atoms with Crippen molar-refractivity contribution in [3.05, 3.63) is 122 Å². The average molecular weight is 445 g/mol. The molecule has 35 heavy (non-hydrogen) atoms. The molecule has 1 nitrogen and oxygen atoms in total. The molecule has 8 aromatic rings. The Balaban J connectivity index is 1.55. The molecule has 0 aliphatic heterocycles. The summed E-state index contributed by atoms with van der Waals surface area (Å²) >= 11 is 0. The molecule has 8 rings (SSSR count). The fraction of sp³-hybridized carbons (Fsp3) is 0. The second-order valence-electron chi connectivity index (χ2n) is 9.50. The molecular formula is C34H20O. The summed E-state index contributed by atoms with van der Waals surface area (Å²) in [7, 11) is 0. The van der Waals surface area contributed by atoms with E-state index in [1.54, 1.807) is 0 Å². The molecule has 0 fully saturated rings. The summed E-state index contributed by atoms with van der Waals surface area (Å²) in [6, 6.07) is 40.3. The molecule has 0 radical (unpaired) electrons. The van der Waals surface area contributed by atoms with Gasteiger partial charge in [0, 0.05) is 10.8 Å². The van der Waals surface area contributed by atoms with Gasteiger partial charge in [-0.25, -0.2) is 0 Å². The third kappa shape index (κ3) is 2.82. The molecular weight excluding hydrogens is 424 g/mol. The standard InChI is InChI=1S/C34H20O/c1-2-6-22-12-28-17-34-32-15-24-8-4-3-7-23(24)13-29(32)18-31(33(34)16-27(28)11-21(22)5-1)25-9-10-26-19-35-20-30(26)14-25/h1-20H. The molecule has 0 aliphatic rings. The van der Waals surface area contributed by atoms with Crippen LogP contribution in [0.3, 0.4) is 0 Å². The van der Waals surface area contributed by atoms with Crippen molar-refractivity contribution in [2.45, 2.75) is 0 Å². The minimum atomic E-state index is 1.13. The predicted octanol–water partition coefficient (Wildman–Crippen LogP) is 9.87. The highest BCUT2D eigenvalue weighted by molar-refractivity contribution is 6.20. The SMILES string of the molecule is c1ccc2cc3cc4c(cc3cc2c1)c(-c1ccc2cocc2c1)cc1cc2ccccc2cc14. The van der Waals surface area contributed by atoms with Crippen molar-refractivity contribution in [1.82, 2.24) is 0 Å². The van der Waals surface area contributed by atoms with Gasteiger partial charge in [0.2, 0.25) is 0 Å². The molecule has 0 saturated carbocycles. The zero-order valence-electron chi connectivity index (χ0n) is 19.0. The van der Waals surface area contributed by atoms with E-state index in [-0.39, 0.29) is 0 Å². The first kappa shape index (κ1) is 18.8. The second kappa shape index (κ2) is 6.94. The summed E-state index contributed by atoms with van der Waals surface area (Å²) in [4.78, 5) is 0. The number of benzene rings is 7. The summed E-state index contributed by atoms with van der Waals surface area (Å²) in [5.41, 5.74) is 2.46. The number of rotatable bonds is 1. The topological polar surface area (TPSA) is 13.1 Å². The number of fused-ring (bicyclic) bond motifs is 7. The summed E-state index contributed by atoms with van der Waals surface area (Å²) < 4.78 is 5.46. The van der Waals surface area contributed by atoms with Crippen LogP contribution in [0.5, 0.6) is 0 Å². The minimum Gasteiger partial charge on any atom is -0.471 e. The van der Waals surface area contributed by atoms with Gasteiger partial charge in [-0.15, -0.1) is 0 Å². The molecule has 162 valence electrons. The van der Waals surface area contributed by atoms with Gasteiger partial charge in [0.1, 0.15) is 0 Å². The molecule has 1 heteroatoms. The number of hydrogen-bond donors (Lipinski definition) is 0. The van der Waals surface area contributed by atoms with Crippen LogP contribution in [0, 0.1) is 0 Å². The fourth-order valence-corrected chi connectivity index (χ4v) is 5.65. The van der Waals surface area contributed by atoms with Gasteiger partial charge < -0.3 is 4.42 Å². The van der Waals surface area contributed by atoms with Crippen molar-refractivity contribution in [1.29, 1.82) is 0 Å². The van der Waals surface area contributed by atoms with Gasteiger partial charge in [-0.1, -0.05) is 60.7 Å². The Kier molecular flexibility index (Phi) is 3.72. The Morgan fingerprint density at radius 2 is 0.914 bits per heavy atom. The van der Waals surface area contributed by atoms with Crippen LogP contribution in [0.15, 0.2) is 126 Å². The lowest BCUT2D eigenvalue weighted by Crippen LogP contribution is -1.87. The van der Waals surface area contributed by atoms with E-state index in [0.29, 0.717) is 0 Å². The Morgan fingerprint density at radius 1 is 0.343 bits per heavy atom. The summed E-state index contributed by atoms with van der Waals surface area (Å²) in [6.45, 7) is 0. The lowest BCUT2D eigenvalue weighted by atomic mass is 9.89. The fourth-order valence-electron chi connectivity index (χ4n) is 5.65. The van der Waals surface area contributed by atoms with Gasteiger partial charge in [-0.2, -0.15) is 0 Å². The highest BCUT2D eigenvalue weighted by Gasteiger charge is 2.13. The second-order valence-corrected chi connectivity index (χ2v) is 9.50. The molecule has 1 heterocycles. The van der Waals surface area contributed by atoms with Crippen molar-refractivity contribution in [3.63, 3.8) is 0 Å². The predicted molar refractivity (Wildman–Crippen MR) is 149 cm³/mol. The van der Waals surface area contributed by atoms with Crippen LogP contribution in [0.25, 0.3) is 75.8 Å². The van der Waals surface area contributed by atoms with E-state index in [4.69, 9.17) is 4.42 Å². The first-order valence-electron chi connectivity index (χ1n) is 12.0. The molecule has 0 amide bonds. The van der Waals surface area contributed by atoms with Crippen LogP contribution in [-0.4, -0.2) is 0 Å². The summed E-state index contributed by atoms with van der Waals surface area (Å²) in [5, 5.41) is 15.0. The van der Waals surface area contributed by atoms with E-state index in [1.807, 2.05) is 12.5 Å². The van der Waals surface area contributed by atoms with Crippen LogP contribution in [0.2, 0.25) is 0 Å². The number of furan rings is 1. The normalized spacial score (nSPS) is 12.0. The Labute approximate surface area is 201 Å². The smallest absolute Gasteiger partial charge is 0.0981 e. The van der Waals surface area contributed by atoms with Crippen molar-refractivity contribution in [3.8, 4) is 11.1 Å². The summed E-state index contributed by atoms with van der Waals surface area (Å²) in [6.07, 6.45) is 3.64. The highest BCUT2D eigenvalue weighted by atomic mass is 16.3. The molecule has 0 unspecified atom stereocenters. The Morgan fingerprint density at radius 3 is 1.63 bits per heavy atom. The maximum atomic E-state index is 5.46. The first-order valence-corrected chi connectivity index (χ1v) is 12.0. The van der Waals surface area contributed by atoms with Crippen LogP contribution in [0.1, 0.15) is 0 Å². The van der Waals surface area contributed by atoms with Gasteiger partial charge in [-0.3, -0.25) is 0 Å². The molecule has 0 spiro atoms. The van der Waals surface area contributed by atoms with Crippen molar-refractivity contribution in [2.75, 3.05) is 0 Å². The summed E-state index contributed by atoms with van der Waals surface area (Å²) in [5.74, 6) is 0. The maximum absolute atomic E-state index is 5.46. The molecule has 0 atom stereocenters. The monoisotopic (exact) mass is 444 g/mol. The zero-order chi connectivity index (χ0) is 22.9. The molecule has 7 aromatic carbocycles. The maximum Gasteiger partial charge on any atom is 0.0981 e. The van der Waals surface area contributed by atoms with Crippen LogP contribution in [0.4, 0.5) is 0 Å². The molecule has 0 aliphatic carbocycles. The Bertz CT molecular complexity index is 2110. The van der Waals surface area contributed by atoms with Crippen molar-refractivity contribution >= 4 is 64.6 Å². The van der Waals surface area contributed by atoms with Crippen LogP contribution < -0.4 is 0 Å². The average Bonchev–Trinajstić information content (AvgIpc) is 3.37. The largest absolute Gasteiger partial charge is 0.471 e. The van der Waals surface area contributed by atoms with Gasteiger partial charge in [0.25, 0.3) is 0 Å². The minimum absolute atomic E-state index is 1.13. The van der Waals surface area contributed by atoms with E-state index in [0.717, 1.165) is 10.8 Å². The van der Waals surface area contributed by atoms with E-state index >= 15 is 0 Å².